The Kier molecular flexibility index (Phi) is 6.80. The number of rotatable bonds is 4. The number of hydrogen-bond acceptors (Lipinski definition) is 0. The van der Waals surface area contributed by atoms with Crippen molar-refractivity contribution in [3.8, 4) is 11.8 Å². The fourth-order valence-electron chi connectivity index (χ4n) is 4.56. The fourth-order valence-corrected chi connectivity index (χ4v) is 4.56. The first kappa shape index (κ1) is 18.3. The number of benzene rings is 1. The maximum atomic E-state index is 3.41. The molecule has 0 spiro atoms. The minimum Gasteiger partial charge on any atom is -0.0726 e. The van der Waals surface area contributed by atoms with Gasteiger partial charge in [-0.2, -0.15) is 0 Å². The lowest BCUT2D eigenvalue weighted by molar-refractivity contribution is 0.308. The monoisotopic (exact) mass is 334 g/mol. The number of allylic oxidation sites excluding steroid dienone is 2. The van der Waals surface area contributed by atoms with E-state index in [9.17, 15) is 0 Å². The van der Waals surface area contributed by atoms with Crippen LogP contribution >= 0.6 is 0 Å². The molecule has 0 radical (unpaired) electrons. The summed E-state index contributed by atoms with van der Waals surface area (Å²) in [5.74, 6) is 9.45. The van der Waals surface area contributed by atoms with Crippen LogP contribution in [0.5, 0.6) is 0 Å². The van der Waals surface area contributed by atoms with Gasteiger partial charge in [0.1, 0.15) is 0 Å². The molecule has 1 aromatic rings. The van der Waals surface area contributed by atoms with Crippen molar-refractivity contribution in [2.45, 2.75) is 84.0 Å². The highest BCUT2D eigenvalue weighted by Crippen LogP contribution is 2.37. The molecule has 2 aliphatic rings. The van der Waals surface area contributed by atoms with E-state index in [1.54, 1.807) is 0 Å². The summed E-state index contributed by atoms with van der Waals surface area (Å²) in [6.07, 6.45) is 15.8. The summed E-state index contributed by atoms with van der Waals surface area (Å²) in [6, 6.07) is 9.13. The highest BCUT2D eigenvalue weighted by Gasteiger charge is 2.21. The Morgan fingerprint density at radius 2 is 1.64 bits per heavy atom. The van der Waals surface area contributed by atoms with Crippen LogP contribution in [0.25, 0.3) is 0 Å². The van der Waals surface area contributed by atoms with Crippen molar-refractivity contribution in [3.63, 3.8) is 0 Å². The van der Waals surface area contributed by atoms with Gasteiger partial charge in [0.15, 0.2) is 0 Å². The zero-order valence-corrected chi connectivity index (χ0v) is 16.2. The molecule has 0 saturated heterocycles. The topological polar surface area (TPSA) is 0 Å². The van der Waals surface area contributed by atoms with Crippen molar-refractivity contribution < 1.29 is 0 Å². The summed E-state index contributed by atoms with van der Waals surface area (Å²) in [4.78, 5) is 0. The molecular formula is C25H34. The van der Waals surface area contributed by atoms with Crippen LogP contribution < -0.4 is 0 Å². The molecule has 2 aliphatic carbocycles. The lowest BCUT2D eigenvalue weighted by Gasteiger charge is -2.28. The first-order chi connectivity index (χ1) is 12.3. The van der Waals surface area contributed by atoms with E-state index in [0.717, 1.165) is 17.8 Å². The van der Waals surface area contributed by atoms with Crippen molar-refractivity contribution in [2.24, 2.45) is 11.8 Å². The van der Waals surface area contributed by atoms with Crippen LogP contribution in [0.1, 0.15) is 95.1 Å². The van der Waals surface area contributed by atoms with Crippen LogP contribution in [-0.4, -0.2) is 0 Å². The van der Waals surface area contributed by atoms with E-state index in [2.05, 4.69) is 56.0 Å². The van der Waals surface area contributed by atoms with E-state index in [4.69, 9.17) is 0 Å². The zero-order valence-electron chi connectivity index (χ0n) is 16.2. The molecule has 1 saturated carbocycles. The molecule has 1 atom stereocenters. The predicted molar refractivity (Wildman–Crippen MR) is 109 cm³/mol. The van der Waals surface area contributed by atoms with E-state index in [1.807, 2.05) is 0 Å². The Morgan fingerprint density at radius 1 is 0.880 bits per heavy atom. The summed E-state index contributed by atoms with van der Waals surface area (Å²) >= 11 is 0. The second kappa shape index (κ2) is 9.28. The Balaban J connectivity index is 1.55. The van der Waals surface area contributed by atoms with Crippen molar-refractivity contribution in [2.75, 3.05) is 0 Å². The van der Waals surface area contributed by atoms with Gasteiger partial charge >= 0.3 is 0 Å². The molecule has 3 rings (SSSR count). The van der Waals surface area contributed by atoms with Crippen LogP contribution in [0.2, 0.25) is 0 Å². The Labute approximate surface area is 155 Å². The lowest BCUT2D eigenvalue weighted by Crippen LogP contribution is -2.13. The fraction of sp³-hybridized carbons (Fsp3) is 0.600. The average Bonchev–Trinajstić information content (AvgIpc) is 2.68. The SMILES string of the molecule is CCCC1CCC(c2ccc(C#CC3=CCC(CC)CC3)cc2)CC1. The summed E-state index contributed by atoms with van der Waals surface area (Å²) in [6.45, 7) is 4.62. The third kappa shape index (κ3) is 5.24. The molecule has 0 bridgehead atoms. The molecule has 0 aromatic heterocycles. The summed E-state index contributed by atoms with van der Waals surface area (Å²) in [5.41, 5.74) is 4.05. The Morgan fingerprint density at radius 3 is 2.24 bits per heavy atom. The van der Waals surface area contributed by atoms with E-state index in [1.165, 1.54) is 80.9 Å². The van der Waals surface area contributed by atoms with Crippen LogP contribution in [-0.2, 0) is 0 Å². The molecule has 1 unspecified atom stereocenters. The van der Waals surface area contributed by atoms with Gasteiger partial charge in [-0.15, -0.1) is 0 Å². The zero-order chi connectivity index (χ0) is 17.5. The molecule has 0 heteroatoms. The average molecular weight is 335 g/mol. The van der Waals surface area contributed by atoms with Gasteiger partial charge in [-0.1, -0.05) is 63.2 Å². The van der Waals surface area contributed by atoms with Crippen molar-refractivity contribution in [1.82, 2.24) is 0 Å². The van der Waals surface area contributed by atoms with E-state index in [0.29, 0.717) is 0 Å². The predicted octanol–water partition coefficient (Wildman–Crippen LogP) is 7.25. The van der Waals surface area contributed by atoms with Crippen LogP contribution in [0, 0.1) is 23.7 Å². The highest BCUT2D eigenvalue weighted by atomic mass is 14.3. The minimum absolute atomic E-state index is 0.780. The van der Waals surface area contributed by atoms with Gasteiger partial charge in [-0.25, -0.2) is 0 Å². The molecule has 0 aliphatic heterocycles. The molecule has 134 valence electrons. The van der Waals surface area contributed by atoms with Gasteiger partial charge in [-0.3, -0.25) is 0 Å². The van der Waals surface area contributed by atoms with Crippen molar-refractivity contribution in [3.05, 3.63) is 47.0 Å². The third-order valence-corrected chi connectivity index (χ3v) is 6.39. The largest absolute Gasteiger partial charge is 0.0726 e. The minimum atomic E-state index is 0.780. The van der Waals surface area contributed by atoms with Gasteiger partial charge < -0.3 is 0 Å². The molecule has 0 nitrogen and oxygen atoms in total. The molecule has 1 aromatic carbocycles. The molecule has 0 amide bonds. The van der Waals surface area contributed by atoms with Crippen molar-refractivity contribution >= 4 is 0 Å². The summed E-state index contributed by atoms with van der Waals surface area (Å²) in [7, 11) is 0. The van der Waals surface area contributed by atoms with Gasteiger partial charge in [0.25, 0.3) is 0 Å². The maximum Gasteiger partial charge on any atom is 0.0249 e. The normalized spacial score (nSPS) is 26.5. The molecule has 25 heavy (non-hydrogen) atoms. The molecule has 1 fully saturated rings. The molecular weight excluding hydrogens is 300 g/mol. The second-order valence-electron chi connectivity index (χ2n) is 8.16. The third-order valence-electron chi connectivity index (χ3n) is 6.39. The highest BCUT2D eigenvalue weighted by molar-refractivity contribution is 5.42. The standard InChI is InChI=1S/C25H34/c1-3-5-21-12-16-24(17-13-21)25-18-14-23(15-19-25)11-10-22-8-6-20(4-2)7-9-22/h8,14-15,18-21,24H,3-7,9,12-13,16-17H2,1-2H3. The van der Waals surface area contributed by atoms with E-state index in [-0.39, 0.29) is 0 Å². The quantitative estimate of drug-likeness (QED) is 0.509. The van der Waals surface area contributed by atoms with Gasteiger partial charge in [0.05, 0.1) is 0 Å². The van der Waals surface area contributed by atoms with Gasteiger partial charge in [0.2, 0.25) is 0 Å². The first-order valence-corrected chi connectivity index (χ1v) is 10.6. The first-order valence-electron chi connectivity index (χ1n) is 10.6. The van der Waals surface area contributed by atoms with Crippen LogP contribution in [0.3, 0.4) is 0 Å². The van der Waals surface area contributed by atoms with E-state index < -0.39 is 0 Å². The molecule has 0 N–H and O–H groups in total. The van der Waals surface area contributed by atoms with Crippen LogP contribution in [0.4, 0.5) is 0 Å². The summed E-state index contributed by atoms with van der Waals surface area (Å²) < 4.78 is 0. The van der Waals surface area contributed by atoms with Gasteiger partial charge in [0, 0.05) is 5.56 Å². The van der Waals surface area contributed by atoms with Crippen LogP contribution in [0.15, 0.2) is 35.9 Å². The van der Waals surface area contributed by atoms with Crippen molar-refractivity contribution in [1.29, 1.82) is 0 Å². The smallest absolute Gasteiger partial charge is 0.0249 e. The maximum absolute atomic E-state index is 3.41. The second-order valence-corrected chi connectivity index (χ2v) is 8.16. The summed E-state index contributed by atoms with van der Waals surface area (Å²) in [5, 5.41) is 0. The Hall–Kier alpha value is -1.48. The Bertz CT molecular complexity index is 614. The number of hydrogen-bond donors (Lipinski definition) is 0. The van der Waals surface area contributed by atoms with Gasteiger partial charge in [-0.05, 0) is 86.0 Å². The van der Waals surface area contributed by atoms with E-state index >= 15 is 0 Å². The molecule has 0 heterocycles. The lowest BCUT2D eigenvalue weighted by atomic mass is 9.77.